The van der Waals surface area contributed by atoms with Crippen LogP contribution in [0.5, 0.6) is 23.0 Å². The number of nitrogens with one attached hydrogen (secondary N) is 4. The number of fused-ring (bicyclic) bond motifs is 4. The first-order chi connectivity index (χ1) is 41.3. The van der Waals surface area contributed by atoms with Gasteiger partial charge >= 0.3 is 12.1 Å². The number of aliphatic imine (C=N–C) groups is 1. The number of ether oxygens (including phenoxy) is 5. The number of aliphatic hydroxyl groups is 1. The molecule has 6 atom stereocenters. The normalized spacial score (nSPS) is 18.7. The van der Waals surface area contributed by atoms with Crippen molar-refractivity contribution in [2.45, 2.75) is 134 Å². The number of carboxylic acids is 1. The molecule has 3 aromatic carbocycles. The molecular formula is C60H73N9O17. The monoisotopic (exact) mass is 1190 g/mol. The highest BCUT2D eigenvalue weighted by atomic mass is 16.6. The Balaban J connectivity index is 0.812. The van der Waals surface area contributed by atoms with Crippen LogP contribution in [-0.2, 0) is 44.9 Å². The number of hydrogen-bond donors (Lipinski definition) is 6. The Bertz CT molecular complexity index is 3130. The standard InChI is InChI=1S/C60H73N9O17/c1-34(2)53(65-50(71)20-19-41(59(79)80)64-49(70)14-7-6-8-23-68-51(72)21-22-52(68)73)55(75)62-35(3)54(74)63-37-17-15-36(16-18-37)33-86-60(81)69-44-31-48(46(83-5)29-40(44)57(77)67-25-10-13-43(67)58(69)78)85-27-11-26-84-47-30-42-39(28-45(47)82-4)56(76)66-24-9-12-38(66)32-61-42/h15-18,21-22,28-32,34-35,38,41,43,53,58,78H,6-14,19-20,23-27,33H2,1-5H3,(H,62,75)(H,63,74)(H,64,70)(H,65,71)(H,79,80)/t35-,38-,41-,43-,53-,58-/m0/s1. The number of hydrogen-bond acceptors (Lipinski definition) is 17. The minimum Gasteiger partial charge on any atom is -0.493 e. The molecule has 5 heterocycles. The van der Waals surface area contributed by atoms with Crippen molar-refractivity contribution in [2.75, 3.05) is 57.3 Å². The van der Waals surface area contributed by atoms with E-state index in [0.717, 1.165) is 22.6 Å². The summed E-state index contributed by atoms with van der Waals surface area (Å²) in [5, 5.41) is 31.9. The first-order valence-corrected chi connectivity index (χ1v) is 28.8. The largest absolute Gasteiger partial charge is 0.493 e. The van der Waals surface area contributed by atoms with Crippen LogP contribution in [0.2, 0.25) is 0 Å². The minimum absolute atomic E-state index is 0.0113. The van der Waals surface area contributed by atoms with Gasteiger partial charge in [-0.25, -0.2) is 14.5 Å². The summed E-state index contributed by atoms with van der Waals surface area (Å²) in [5.41, 5.74) is 1.88. The van der Waals surface area contributed by atoms with Crippen molar-refractivity contribution in [1.29, 1.82) is 0 Å². The molecule has 5 aliphatic rings. The van der Waals surface area contributed by atoms with Crippen molar-refractivity contribution in [3.8, 4) is 23.0 Å². The summed E-state index contributed by atoms with van der Waals surface area (Å²) in [6, 6.07) is 8.17. The fourth-order valence-electron chi connectivity index (χ4n) is 10.7. The van der Waals surface area contributed by atoms with E-state index in [4.69, 9.17) is 23.7 Å². The number of carbonyl (C=O) groups is 10. The number of aliphatic carboxylic acids is 1. The molecule has 6 N–H and O–H groups in total. The van der Waals surface area contributed by atoms with Crippen molar-refractivity contribution in [2.24, 2.45) is 10.9 Å². The quantitative estimate of drug-likeness (QED) is 0.0456. The summed E-state index contributed by atoms with van der Waals surface area (Å²) in [6.45, 7) is 6.01. The van der Waals surface area contributed by atoms with Gasteiger partial charge in [0.1, 0.15) is 24.7 Å². The third kappa shape index (κ3) is 15.1. The van der Waals surface area contributed by atoms with Crippen LogP contribution in [0, 0.1) is 5.92 Å². The van der Waals surface area contributed by atoms with E-state index in [-0.39, 0.29) is 80.3 Å². The molecule has 3 aromatic rings. The maximum Gasteiger partial charge on any atom is 0.416 e. The van der Waals surface area contributed by atoms with E-state index in [1.807, 2.05) is 4.90 Å². The van der Waals surface area contributed by atoms with E-state index in [2.05, 4.69) is 26.3 Å². The lowest BCUT2D eigenvalue weighted by Gasteiger charge is -2.31. The van der Waals surface area contributed by atoms with Crippen molar-refractivity contribution in [3.05, 3.63) is 77.4 Å². The average Bonchev–Trinajstić information content (AvgIpc) is 1.83. The summed E-state index contributed by atoms with van der Waals surface area (Å²) in [7, 11) is 2.91. The van der Waals surface area contributed by atoms with Gasteiger partial charge in [0, 0.05) is 75.1 Å². The molecule has 0 aliphatic carbocycles. The summed E-state index contributed by atoms with van der Waals surface area (Å²) in [5.74, 6) is -4.43. The van der Waals surface area contributed by atoms with Gasteiger partial charge in [0.15, 0.2) is 29.2 Å². The van der Waals surface area contributed by atoms with E-state index >= 15 is 0 Å². The SMILES string of the molecule is COc1cc2c(cc1OCCCOc1cc3c(cc1OC)C(=O)N1CCC[C@H]1[C@H](O)N3C(=O)OCc1ccc(NC(=O)[C@H](C)NC(=O)[C@@H](NC(=O)CC[C@H](NC(=O)CCCCCN3C(=O)C=CC3=O)C(=O)O)C(C)C)cc1)N=C[C@@H]1CCCN1C2=O. The van der Waals surface area contributed by atoms with Crippen molar-refractivity contribution in [3.63, 3.8) is 0 Å². The van der Waals surface area contributed by atoms with Crippen LogP contribution in [0.4, 0.5) is 21.9 Å². The Morgan fingerprint density at radius 2 is 1.35 bits per heavy atom. The number of carboxylic acid groups (broad SMARTS) is 1. The second-order valence-electron chi connectivity index (χ2n) is 21.8. The number of methoxy groups -OCH3 is 2. The van der Waals surface area contributed by atoms with Gasteiger partial charge in [0.25, 0.3) is 23.6 Å². The summed E-state index contributed by atoms with van der Waals surface area (Å²) < 4.78 is 29.3. The average molecular weight is 1190 g/mol. The summed E-state index contributed by atoms with van der Waals surface area (Å²) in [6.07, 6.45) is 5.58. The Morgan fingerprint density at radius 1 is 0.709 bits per heavy atom. The molecule has 0 spiro atoms. The maximum atomic E-state index is 14.2. The lowest BCUT2D eigenvalue weighted by atomic mass is 10.0. The van der Waals surface area contributed by atoms with Gasteiger partial charge in [-0.1, -0.05) is 32.4 Å². The van der Waals surface area contributed by atoms with Gasteiger partial charge < -0.3 is 65.0 Å². The molecule has 460 valence electrons. The molecule has 0 radical (unpaired) electrons. The van der Waals surface area contributed by atoms with Crippen LogP contribution in [-0.4, -0.2) is 174 Å². The van der Waals surface area contributed by atoms with Crippen LogP contribution in [0.3, 0.4) is 0 Å². The lowest BCUT2D eigenvalue weighted by molar-refractivity contribution is -0.142. The Morgan fingerprint density at radius 3 is 2.02 bits per heavy atom. The number of benzene rings is 3. The van der Waals surface area contributed by atoms with Crippen LogP contribution >= 0.6 is 0 Å². The van der Waals surface area contributed by atoms with Crippen LogP contribution < -0.4 is 45.1 Å². The minimum atomic E-state index is -1.50. The topological polar surface area (TPSA) is 331 Å². The number of imide groups is 1. The van der Waals surface area contributed by atoms with E-state index < -0.39 is 89.7 Å². The van der Waals surface area contributed by atoms with Gasteiger partial charge in [-0.15, -0.1) is 0 Å². The predicted molar refractivity (Wildman–Crippen MR) is 309 cm³/mol. The van der Waals surface area contributed by atoms with Crippen LogP contribution in [0.25, 0.3) is 0 Å². The third-order valence-corrected chi connectivity index (χ3v) is 15.5. The predicted octanol–water partition coefficient (Wildman–Crippen LogP) is 4.37. The van der Waals surface area contributed by atoms with Gasteiger partial charge in [-0.05, 0) is 87.6 Å². The first-order valence-electron chi connectivity index (χ1n) is 28.8. The second kappa shape index (κ2) is 28.7. The van der Waals surface area contributed by atoms with Gasteiger partial charge in [0.05, 0.1) is 62.0 Å². The third-order valence-electron chi connectivity index (χ3n) is 15.5. The molecule has 26 nitrogen and oxygen atoms in total. The molecule has 9 amide bonds. The lowest BCUT2D eigenvalue weighted by Crippen LogP contribution is -2.53. The molecule has 0 bridgehead atoms. The van der Waals surface area contributed by atoms with E-state index in [1.165, 1.54) is 50.3 Å². The smallest absolute Gasteiger partial charge is 0.416 e. The zero-order valence-corrected chi connectivity index (χ0v) is 48.7. The number of unbranched alkanes of at least 4 members (excludes halogenated alkanes) is 2. The Hall–Kier alpha value is -9.07. The number of rotatable bonds is 27. The zero-order chi connectivity index (χ0) is 61.8. The molecule has 0 unspecified atom stereocenters. The molecule has 8 rings (SSSR count). The summed E-state index contributed by atoms with van der Waals surface area (Å²) in [4.78, 5) is 139. The maximum absolute atomic E-state index is 14.2. The van der Waals surface area contributed by atoms with Crippen molar-refractivity contribution < 1.29 is 81.8 Å². The number of aliphatic hydroxyl groups excluding tert-OH is 1. The second-order valence-corrected chi connectivity index (χ2v) is 21.8. The molecule has 86 heavy (non-hydrogen) atoms. The number of carbonyl (C=O) groups excluding carboxylic acids is 9. The van der Waals surface area contributed by atoms with E-state index in [1.54, 1.807) is 56.5 Å². The van der Waals surface area contributed by atoms with E-state index in [9.17, 15) is 58.2 Å². The van der Waals surface area contributed by atoms with Gasteiger partial charge in [-0.3, -0.25) is 48.2 Å². The Labute approximate surface area is 496 Å². The van der Waals surface area contributed by atoms with Crippen LogP contribution in [0.15, 0.2) is 65.7 Å². The van der Waals surface area contributed by atoms with E-state index in [0.29, 0.717) is 85.6 Å². The van der Waals surface area contributed by atoms with Crippen molar-refractivity contribution >= 4 is 82.6 Å². The molecular weight excluding hydrogens is 1120 g/mol. The van der Waals surface area contributed by atoms with Crippen molar-refractivity contribution in [1.82, 2.24) is 30.7 Å². The Kier molecular flexibility index (Phi) is 21.0. The highest BCUT2D eigenvalue weighted by Gasteiger charge is 2.46. The van der Waals surface area contributed by atoms with Gasteiger partial charge in [-0.2, -0.15) is 0 Å². The van der Waals surface area contributed by atoms with Gasteiger partial charge in [0.2, 0.25) is 23.6 Å². The first kappa shape index (κ1) is 63.0. The summed E-state index contributed by atoms with van der Waals surface area (Å²) >= 11 is 0. The van der Waals surface area contributed by atoms with Crippen LogP contribution in [0.1, 0.15) is 118 Å². The molecule has 2 fully saturated rings. The number of nitrogens with zero attached hydrogens (tertiary/aromatic N) is 5. The highest BCUT2D eigenvalue weighted by molar-refractivity contribution is 6.13. The number of anilines is 2. The highest BCUT2D eigenvalue weighted by Crippen LogP contribution is 2.42. The fourth-order valence-corrected chi connectivity index (χ4v) is 10.7. The molecule has 2 saturated heterocycles. The molecule has 0 saturated carbocycles. The fraction of sp³-hybridized carbons (Fsp3) is 0.483. The zero-order valence-electron chi connectivity index (χ0n) is 48.7. The number of amides is 9. The molecule has 26 heteroatoms. The molecule has 0 aromatic heterocycles. The molecule has 5 aliphatic heterocycles.